The van der Waals surface area contributed by atoms with E-state index >= 15 is 0 Å². The van der Waals surface area contributed by atoms with Crippen LogP contribution in [0.2, 0.25) is 0 Å². The molecule has 0 amide bonds. The van der Waals surface area contributed by atoms with E-state index in [0.29, 0.717) is 0 Å². The molecule has 1 aliphatic heterocycles. The zero-order valence-corrected chi connectivity index (χ0v) is 15.2. The number of aromatic nitrogens is 1. The number of nitrogens with zero attached hydrogens (tertiary/aromatic N) is 2. The topological polar surface area (TPSA) is 16.1 Å². The summed E-state index contributed by atoms with van der Waals surface area (Å²) in [7, 11) is 0. The second-order valence-corrected chi connectivity index (χ2v) is 6.63. The van der Waals surface area contributed by atoms with E-state index in [2.05, 4.69) is 88.9 Å². The summed E-state index contributed by atoms with van der Waals surface area (Å²) in [5.74, 6) is 0. The normalized spacial score (nSPS) is 12.2. The predicted molar refractivity (Wildman–Crippen MR) is 113 cm³/mol. The van der Waals surface area contributed by atoms with Crippen molar-refractivity contribution < 1.29 is 0 Å². The first-order chi connectivity index (χ1) is 13.4. The lowest BCUT2D eigenvalue weighted by Crippen LogP contribution is -2.19. The van der Waals surface area contributed by atoms with E-state index in [0.717, 1.165) is 13.1 Å². The summed E-state index contributed by atoms with van der Waals surface area (Å²) in [5, 5.41) is 2.45. The number of fused-ring (bicyclic) bond motifs is 2. The number of pyridine rings is 1. The average Bonchev–Trinajstić information content (AvgIpc) is 2.75. The molecule has 2 heterocycles. The minimum atomic E-state index is 0.978. The van der Waals surface area contributed by atoms with E-state index in [9.17, 15) is 0 Å². The summed E-state index contributed by atoms with van der Waals surface area (Å²) < 4.78 is 0. The maximum absolute atomic E-state index is 4.01. The van der Waals surface area contributed by atoms with Crippen molar-refractivity contribution in [3.63, 3.8) is 0 Å². The molecule has 3 aromatic carbocycles. The van der Waals surface area contributed by atoms with Crippen LogP contribution in [0.25, 0.3) is 16.8 Å². The van der Waals surface area contributed by atoms with Crippen molar-refractivity contribution in [3.8, 4) is 0 Å². The zero-order valence-electron chi connectivity index (χ0n) is 15.2. The zero-order chi connectivity index (χ0) is 18.3. The summed E-state index contributed by atoms with van der Waals surface area (Å²) in [5.41, 5.74) is 4.11. The maximum Gasteiger partial charge on any atom is 0.0433 e. The fraction of sp³-hybridized carbons (Fsp3) is 0.0800. The molecule has 0 bridgehead atoms. The molecule has 0 unspecified atom stereocenters. The Bertz CT molecular complexity index is 973. The predicted octanol–water partition coefficient (Wildman–Crippen LogP) is 5.91. The summed E-state index contributed by atoms with van der Waals surface area (Å²) in [6.07, 6.45) is 8.06. The summed E-state index contributed by atoms with van der Waals surface area (Å²) in [4.78, 5) is 6.36. The highest BCUT2D eigenvalue weighted by Gasteiger charge is 2.09. The Kier molecular flexibility index (Phi) is 5.26. The first-order valence-electron chi connectivity index (χ1n) is 9.21. The number of hydrogen-bond donors (Lipinski definition) is 0. The quantitative estimate of drug-likeness (QED) is 0.447. The standard InChI is InChI=1S/C16H15N.C9H7N/c1-2-6-14(7-3-1)12-17-11-10-15-8-4-5-9-16(15)13-17;1-2-4-9-7-10-6-5-8(9)3-1/h1-11H,12-13H2;1-7H. The van der Waals surface area contributed by atoms with Crippen LogP contribution in [0.15, 0.2) is 104 Å². The molecule has 0 atom stereocenters. The highest BCUT2D eigenvalue weighted by Crippen LogP contribution is 2.20. The van der Waals surface area contributed by atoms with Crippen LogP contribution >= 0.6 is 0 Å². The lowest BCUT2D eigenvalue weighted by atomic mass is 10.0. The van der Waals surface area contributed by atoms with E-state index in [-0.39, 0.29) is 0 Å². The van der Waals surface area contributed by atoms with Crippen LogP contribution < -0.4 is 0 Å². The van der Waals surface area contributed by atoms with Crippen molar-refractivity contribution in [2.45, 2.75) is 13.1 Å². The van der Waals surface area contributed by atoms with Crippen LogP contribution in [0.5, 0.6) is 0 Å². The van der Waals surface area contributed by atoms with Crippen LogP contribution in [-0.2, 0) is 13.1 Å². The minimum absolute atomic E-state index is 0.978. The van der Waals surface area contributed by atoms with Gasteiger partial charge in [-0.25, -0.2) is 0 Å². The molecular formula is C25H22N2. The molecule has 4 aromatic rings. The fourth-order valence-electron chi connectivity index (χ4n) is 3.25. The number of hydrogen-bond acceptors (Lipinski definition) is 2. The van der Waals surface area contributed by atoms with Gasteiger partial charge in [0.1, 0.15) is 0 Å². The van der Waals surface area contributed by atoms with Gasteiger partial charge in [-0.2, -0.15) is 0 Å². The van der Waals surface area contributed by atoms with E-state index in [1.54, 1.807) is 0 Å². The van der Waals surface area contributed by atoms with Gasteiger partial charge in [-0.05, 0) is 39.6 Å². The molecule has 0 fully saturated rings. The maximum atomic E-state index is 4.01. The Morgan fingerprint density at radius 2 is 1.48 bits per heavy atom. The number of benzene rings is 3. The van der Waals surface area contributed by atoms with Crippen LogP contribution in [0.4, 0.5) is 0 Å². The van der Waals surface area contributed by atoms with Gasteiger partial charge in [0.15, 0.2) is 0 Å². The van der Waals surface area contributed by atoms with Gasteiger partial charge < -0.3 is 4.90 Å². The third-order valence-electron chi connectivity index (χ3n) is 4.67. The highest BCUT2D eigenvalue weighted by molar-refractivity contribution is 5.80. The molecule has 1 aliphatic rings. The van der Waals surface area contributed by atoms with Gasteiger partial charge in [0.05, 0.1) is 0 Å². The molecule has 0 radical (unpaired) electrons. The van der Waals surface area contributed by atoms with Gasteiger partial charge in [-0.1, -0.05) is 78.9 Å². The lowest BCUT2D eigenvalue weighted by molar-refractivity contribution is 0.359. The molecule has 0 aliphatic carbocycles. The molecule has 0 saturated heterocycles. The fourth-order valence-corrected chi connectivity index (χ4v) is 3.25. The lowest BCUT2D eigenvalue weighted by Gasteiger charge is -2.25. The first-order valence-corrected chi connectivity index (χ1v) is 9.21. The van der Waals surface area contributed by atoms with Crippen molar-refractivity contribution in [2.75, 3.05) is 0 Å². The van der Waals surface area contributed by atoms with E-state index in [1.165, 1.54) is 27.5 Å². The van der Waals surface area contributed by atoms with E-state index in [1.807, 2.05) is 30.6 Å². The van der Waals surface area contributed by atoms with Gasteiger partial charge in [0.25, 0.3) is 0 Å². The van der Waals surface area contributed by atoms with Crippen molar-refractivity contribution >= 4 is 16.8 Å². The SMILES string of the molecule is C1=CN(Cc2ccccc2)Cc2ccccc21.c1ccc2cnccc2c1. The summed E-state index contributed by atoms with van der Waals surface area (Å²) >= 11 is 0. The Morgan fingerprint density at radius 1 is 0.741 bits per heavy atom. The smallest absolute Gasteiger partial charge is 0.0433 e. The largest absolute Gasteiger partial charge is 0.369 e. The third-order valence-corrected chi connectivity index (χ3v) is 4.67. The molecule has 27 heavy (non-hydrogen) atoms. The monoisotopic (exact) mass is 350 g/mol. The third kappa shape index (κ3) is 4.42. The van der Waals surface area contributed by atoms with E-state index < -0.39 is 0 Å². The van der Waals surface area contributed by atoms with Gasteiger partial charge >= 0.3 is 0 Å². The molecule has 5 rings (SSSR count). The molecule has 132 valence electrons. The molecule has 2 heteroatoms. The van der Waals surface area contributed by atoms with Crippen molar-refractivity contribution in [1.82, 2.24) is 9.88 Å². The summed E-state index contributed by atoms with van der Waals surface area (Å²) in [6.45, 7) is 1.98. The van der Waals surface area contributed by atoms with Crippen LogP contribution in [0.1, 0.15) is 16.7 Å². The second kappa shape index (κ2) is 8.33. The van der Waals surface area contributed by atoms with Crippen LogP contribution in [0, 0.1) is 0 Å². The molecular weight excluding hydrogens is 328 g/mol. The van der Waals surface area contributed by atoms with Gasteiger partial charge in [-0.15, -0.1) is 0 Å². The first kappa shape index (κ1) is 17.0. The van der Waals surface area contributed by atoms with Gasteiger partial charge in [-0.3, -0.25) is 4.98 Å². The Morgan fingerprint density at radius 3 is 2.33 bits per heavy atom. The molecule has 0 saturated carbocycles. The molecule has 0 spiro atoms. The Hall–Kier alpha value is -3.39. The van der Waals surface area contributed by atoms with Crippen molar-refractivity contribution in [1.29, 1.82) is 0 Å². The minimum Gasteiger partial charge on any atom is -0.369 e. The van der Waals surface area contributed by atoms with Gasteiger partial charge in [0.2, 0.25) is 0 Å². The Balaban J connectivity index is 0.000000153. The van der Waals surface area contributed by atoms with Crippen LogP contribution in [-0.4, -0.2) is 9.88 Å². The van der Waals surface area contributed by atoms with Crippen molar-refractivity contribution in [2.24, 2.45) is 0 Å². The number of rotatable bonds is 2. The highest BCUT2D eigenvalue weighted by atomic mass is 15.1. The molecule has 1 aromatic heterocycles. The van der Waals surface area contributed by atoms with Crippen molar-refractivity contribution in [3.05, 3.63) is 120 Å². The average molecular weight is 350 g/mol. The Labute approximate surface area is 160 Å². The summed E-state index contributed by atoms with van der Waals surface area (Å²) in [6, 6.07) is 29.4. The molecule has 0 N–H and O–H groups in total. The second-order valence-electron chi connectivity index (χ2n) is 6.63. The molecule has 2 nitrogen and oxygen atoms in total. The van der Waals surface area contributed by atoms with Crippen LogP contribution in [0.3, 0.4) is 0 Å². The van der Waals surface area contributed by atoms with Gasteiger partial charge in [0, 0.05) is 31.7 Å². The van der Waals surface area contributed by atoms with E-state index in [4.69, 9.17) is 0 Å².